The van der Waals surface area contributed by atoms with Crippen LogP contribution in [-0.2, 0) is 32.0 Å². The molecule has 0 radical (unpaired) electrons. The molecule has 0 bridgehead atoms. The number of anilines is 1. The van der Waals surface area contributed by atoms with Gasteiger partial charge in [0.15, 0.2) is 0 Å². The van der Waals surface area contributed by atoms with E-state index in [1.54, 1.807) is 35.2 Å². The van der Waals surface area contributed by atoms with Crippen LogP contribution in [0.25, 0.3) is 0 Å². The van der Waals surface area contributed by atoms with Gasteiger partial charge in [-0.15, -0.1) is 5.10 Å². The van der Waals surface area contributed by atoms with Crippen LogP contribution in [-0.4, -0.2) is 45.4 Å². The minimum atomic E-state index is -4.93. The molecule has 1 aliphatic heterocycles. The average molecular weight is 641 g/mol. The lowest BCUT2D eigenvalue weighted by atomic mass is 10.1. The molecule has 240 valence electrons. The number of nitrogens with two attached hydrogens (primary N) is 1. The number of aromatic nitrogens is 3. The molecular weight excluding hydrogens is 613 g/mol. The van der Waals surface area contributed by atoms with Crippen molar-refractivity contribution in [2.24, 2.45) is 5.73 Å². The highest BCUT2D eigenvalue weighted by atomic mass is 19.4. The molecule has 1 fully saturated rings. The highest BCUT2D eigenvalue weighted by Crippen LogP contribution is 2.33. The topological polar surface area (TPSA) is 103 Å². The second kappa shape index (κ2) is 12.5. The van der Waals surface area contributed by atoms with Gasteiger partial charge in [-0.05, 0) is 29.8 Å². The van der Waals surface area contributed by atoms with Crippen LogP contribution < -0.4 is 21.9 Å². The van der Waals surface area contributed by atoms with Gasteiger partial charge in [-0.1, -0.05) is 36.4 Å². The molecule has 0 spiro atoms. The molecule has 4 aromatic rings. The van der Waals surface area contributed by atoms with Gasteiger partial charge in [0.1, 0.15) is 11.6 Å². The first-order valence-electron chi connectivity index (χ1n) is 13.7. The van der Waals surface area contributed by atoms with Crippen molar-refractivity contribution < 1.29 is 35.2 Å². The highest BCUT2D eigenvalue weighted by molar-refractivity contribution is 5.36. The minimum absolute atomic E-state index is 0.0561. The maximum Gasteiger partial charge on any atom is 0.449 e. The molecule has 2 N–H and O–H groups in total. The van der Waals surface area contributed by atoms with Crippen molar-refractivity contribution in [2.75, 3.05) is 31.1 Å². The average Bonchev–Trinajstić information content (AvgIpc) is 3.47. The van der Waals surface area contributed by atoms with Gasteiger partial charge in [-0.2, -0.15) is 26.3 Å². The first kappa shape index (κ1) is 32.0. The summed E-state index contributed by atoms with van der Waals surface area (Å²) >= 11 is 0. The summed E-state index contributed by atoms with van der Waals surface area (Å²) in [5.41, 5.74) is 2.82. The molecule has 5 rings (SSSR count). The van der Waals surface area contributed by atoms with E-state index in [2.05, 4.69) is 5.10 Å². The number of piperazine rings is 1. The Morgan fingerprint density at radius 2 is 1.53 bits per heavy atom. The Morgan fingerprint density at radius 1 is 0.844 bits per heavy atom. The second-order valence-corrected chi connectivity index (χ2v) is 10.5. The Bertz CT molecular complexity index is 1760. The summed E-state index contributed by atoms with van der Waals surface area (Å²) in [6.07, 6.45) is -9.56. The highest BCUT2D eigenvalue weighted by Gasteiger charge is 2.36. The van der Waals surface area contributed by atoms with Gasteiger partial charge in [0, 0.05) is 37.8 Å². The van der Waals surface area contributed by atoms with E-state index in [1.165, 1.54) is 11.0 Å². The van der Waals surface area contributed by atoms with Crippen LogP contribution in [0.2, 0.25) is 0 Å². The number of hydrogen-bond donors (Lipinski definition) is 1. The summed E-state index contributed by atoms with van der Waals surface area (Å²) in [6, 6.07) is 12.1. The van der Waals surface area contributed by atoms with Gasteiger partial charge in [0.25, 0.3) is 5.56 Å². The van der Waals surface area contributed by atoms with Crippen LogP contribution in [0.1, 0.15) is 34.3 Å². The molecule has 0 saturated carbocycles. The maximum absolute atomic E-state index is 14.7. The van der Waals surface area contributed by atoms with Crippen molar-refractivity contribution in [3.8, 4) is 0 Å². The van der Waals surface area contributed by atoms with E-state index in [-0.39, 0.29) is 50.8 Å². The van der Waals surface area contributed by atoms with E-state index < -0.39 is 58.9 Å². The number of alkyl halides is 6. The predicted molar refractivity (Wildman–Crippen MR) is 148 cm³/mol. The van der Waals surface area contributed by atoms with Crippen LogP contribution in [0.5, 0.6) is 0 Å². The van der Waals surface area contributed by atoms with Crippen LogP contribution in [0.4, 0.5) is 36.6 Å². The Hall–Kier alpha value is -4.44. The SMILES string of the molecule is NC(Cn1c(=O)c(N2CCN(Cc3ccc(C(F)(F)F)o3)CC2)nn(Cc2c(F)cccc2C(F)(F)F)c1=O)c1ccccc1. The fourth-order valence-electron chi connectivity index (χ4n) is 5.10. The molecule has 0 aliphatic carbocycles. The second-order valence-electron chi connectivity index (χ2n) is 10.5. The number of halogens is 7. The summed E-state index contributed by atoms with van der Waals surface area (Å²) in [5, 5.41) is 4.10. The summed E-state index contributed by atoms with van der Waals surface area (Å²) in [7, 11) is 0. The van der Waals surface area contributed by atoms with Crippen molar-refractivity contribution in [3.63, 3.8) is 0 Å². The van der Waals surface area contributed by atoms with E-state index >= 15 is 0 Å². The van der Waals surface area contributed by atoms with Gasteiger partial charge >= 0.3 is 18.0 Å². The third-order valence-electron chi connectivity index (χ3n) is 7.44. The van der Waals surface area contributed by atoms with Crippen LogP contribution in [0.15, 0.2) is 74.7 Å². The van der Waals surface area contributed by atoms with Crippen molar-refractivity contribution in [2.45, 2.75) is 38.0 Å². The fraction of sp³-hybridized carbons (Fsp3) is 0.345. The third-order valence-corrected chi connectivity index (χ3v) is 7.44. The molecule has 2 aromatic heterocycles. The van der Waals surface area contributed by atoms with Gasteiger partial charge in [-0.3, -0.25) is 14.3 Å². The smallest absolute Gasteiger partial charge is 0.449 e. The van der Waals surface area contributed by atoms with Gasteiger partial charge < -0.3 is 15.1 Å². The standard InChI is InChI=1S/C29H27F7N6O3/c30-22-8-4-7-21(28(31,32)33)20(22)16-42-27(44)41(17-23(37)18-5-2-1-3-6-18)26(43)25(38-42)40-13-11-39(12-14-40)15-19-9-10-24(45-19)29(34,35)36/h1-10,23H,11-17,37H2. The molecule has 0 amide bonds. The van der Waals surface area contributed by atoms with Gasteiger partial charge in [0.2, 0.25) is 11.6 Å². The largest absolute Gasteiger partial charge is 0.455 e. The summed E-state index contributed by atoms with van der Waals surface area (Å²) < 4.78 is 101. The number of nitrogens with zero attached hydrogens (tertiary/aromatic N) is 5. The van der Waals surface area contributed by atoms with E-state index in [0.29, 0.717) is 16.3 Å². The zero-order chi connectivity index (χ0) is 32.5. The van der Waals surface area contributed by atoms with Crippen molar-refractivity contribution in [3.05, 3.63) is 116 Å². The van der Waals surface area contributed by atoms with E-state index in [9.17, 15) is 40.3 Å². The number of benzene rings is 2. The first-order valence-corrected chi connectivity index (χ1v) is 13.7. The Kier molecular flexibility index (Phi) is 8.89. The zero-order valence-electron chi connectivity index (χ0n) is 23.5. The predicted octanol–water partition coefficient (Wildman–Crippen LogP) is 4.25. The van der Waals surface area contributed by atoms with Crippen molar-refractivity contribution in [1.29, 1.82) is 0 Å². The molecular formula is C29H27F7N6O3. The fourth-order valence-corrected chi connectivity index (χ4v) is 5.10. The quantitative estimate of drug-likeness (QED) is 0.288. The van der Waals surface area contributed by atoms with E-state index in [4.69, 9.17) is 10.2 Å². The van der Waals surface area contributed by atoms with E-state index in [1.807, 2.05) is 0 Å². The van der Waals surface area contributed by atoms with Gasteiger partial charge in [0.05, 0.1) is 25.2 Å². The lowest BCUT2D eigenvalue weighted by molar-refractivity contribution is -0.153. The molecule has 1 aliphatic rings. The number of furan rings is 1. The maximum atomic E-state index is 14.7. The lowest BCUT2D eigenvalue weighted by Gasteiger charge is -2.34. The molecule has 9 nitrogen and oxygen atoms in total. The van der Waals surface area contributed by atoms with Crippen LogP contribution in [0.3, 0.4) is 0 Å². The molecule has 16 heteroatoms. The molecule has 45 heavy (non-hydrogen) atoms. The molecule has 1 unspecified atom stereocenters. The normalized spacial score (nSPS) is 15.4. The van der Waals surface area contributed by atoms with Crippen molar-refractivity contribution >= 4 is 5.82 Å². The number of hydrogen-bond acceptors (Lipinski definition) is 7. The Morgan fingerprint density at radius 3 is 2.16 bits per heavy atom. The van der Waals surface area contributed by atoms with Crippen LogP contribution in [0, 0.1) is 5.82 Å². The Balaban J connectivity index is 1.46. The molecule has 2 aromatic carbocycles. The zero-order valence-corrected chi connectivity index (χ0v) is 23.5. The molecule has 1 atom stereocenters. The third kappa shape index (κ3) is 7.12. The summed E-state index contributed by atoms with van der Waals surface area (Å²) in [5.74, 6) is -2.51. The van der Waals surface area contributed by atoms with Crippen molar-refractivity contribution in [1.82, 2.24) is 19.2 Å². The summed E-state index contributed by atoms with van der Waals surface area (Å²) in [6.45, 7) is -0.457. The minimum Gasteiger partial charge on any atom is -0.455 e. The van der Waals surface area contributed by atoms with E-state index in [0.717, 1.165) is 22.8 Å². The first-order chi connectivity index (χ1) is 21.2. The molecule has 1 saturated heterocycles. The van der Waals surface area contributed by atoms with Gasteiger partial charge in [-0.25, -0.2) is 13.9 Å². The number of rotatable bonds is 8. The Labute approximate surface area is 250 Å². The lowest BCUT2D eigenvalue weighted by Crippen LogP contribution is -2.51. The molecule has 3 heterocycles. The summed E-state index contributed by atoms with van der Waals surface area (Å²) in [4.78, 5) is 30.4. The van der Waals surface area contributed by atoms with Crippen LogP contribution >= 0.6 is 0 Å². The monoisotopic (exact) mass is 640 g/mol.